The van der Waals surface area contributed by atoms with Gasteiger partial charge in [-0.2, -0.15) is 0 Å². The van der Waals surface area contributed by atoms with Gasteiger partial charge in [-0.3, -0.25) is 10.1 Å². The van der Waals surface area contributed by atoms with E-state index >= 15 is 0 Å². The Balaban J connectivity index is 1.74. The summed E-state index contributed by atoms with van der Waals surface area (Å²) >= 11 is 0. The van der Waals surface area contributed by atoms with Gasteiger partial charge in [0.15, 0.2) is 5.96 Å². The van der Waals surface area contributed by atoms with Gasteiger partial charge in [0.05, 0.1) is 18.3 Å². The van der Waals surface area contributed by atoms with Crippen LogP contribution in [0.3, 0.4) is 0 Å². The number of aliphatic imine (C=N–C) groups is 1. The maximum atomic E-state index is 13.3. The van der Waals surface area contributed by atoms with Crippen LogP contribution in [0.25, 0.3) is 0 Å². The Hall–Kier alpha value is -3.17. The average Bonchev–Trinajstić information content (AvgIpc) is 2.96. The molecule has 0 aliphatic carbocycles. The van der Waals surface area contributed by atoms with Crippen molar-refractivity contribution >= 4 is 17.7 Å². The summed E-state index contributed by atoms with van der Waals surface area (Å²) in [7, 11) is 3.64. The highest BCUT2D eigenvalue weighted by atomic mass is 19.3. The van der Waals surface area contributed by atoms with Gasteiger partial charge < -0.3 is 19.7 Å². The van der Waals surface area contributed by atoms with E-state index in [0.717, 1.165) is 6.26 Å². The molecule has 3 rings (SSSR count). The molecule has 2 aliphatic rings. The van der Waals surface area contributed by atoms with Crippen LogP contribution in [0.5, 0.6) is 0 Å². The largest absolute Gasteiger partial charge is 0.585 e. The number of amides is 1. The second-order valence-electron chi connectivity index (χ2n) is 6.18. The van der Waals surface area contributed by atoms with Crippen LogP contribution in [0.1, 0.15) is 17.3 Å². The first-order valence-electron chi connectivity index (χ1n) is 8.12. The highest BCUT2D eigenvalue weighted by Crippen LogP contribution is 2.24. The van der Waals surface area contributed by atoms with Crippen molar-refractivity contribution in [2.45, 2.75) is 25.3 Å². The third kappa shape index (κ3) is 4.52. The van der Waals surface area contributed by atoms with Gasteiger partial charge in [-0.25, -0.2) is 9.98 Å². The molecule has 0 bridgehead atoms. The summed E-state index contributed by atoms with van der Waals surface area (Å²) < 4.78 is 35.4. The topological polar surface area (TPSA) is 88.1 Å². The Morgan fingerprint density at radius 2 is 2.19 bits per heavy atom. The number of carbonyl (C=O) groups is 1. The van der Waals surface area contributed by atoms with Crippen LogP contribution in [0.15, 0.2) is 47.5 Å². The van der Waals surface area contributed by atoms with E-state index in [0.29, 0.717) is 11.4 Å². The zero-order valence-electron chi connectivity index (χ0n) is 14.9. The molecule has 2 N–H and O–H groups in total. The maximum Gasteiger partial charge on any atom is 0.585 e. The maximum absolute atomic E-state index is 13.3. The molecule has 8 nitrogen and oxygen atoms in total. The molecule has 27 heavy (non-hydrogen) atoms. The minimum Gasteiger partial charge on any atom is -0.407 e. The number of halogens is 2. The predicted octanol–water partition coefficient (Wildman–Crippen LogP) is 1.59. The van der Waals surface area contributed by atoms with Crippen LogP contribution in [0, 0.1) is 0 Å². The molecule has 0 saturated heterocycles. The van der Waals surface area contributed by atoms with Crippen molar-refractivity contribution in [1.29, 1.82) is 0 Å². The van der Waals surface area contributed by atoms with Gasteiger partial charge >= 0.3 is 6.29 Å². The minimum atomic E-state index is -3.75. The lowest BCUT2D eigenvalue weighted by atomic mass is 10.1. The Labute approximate surface area is 154 Å². The number of anilines is 1. The molecule has 2 aliphatic heterocycles. The van der Waals surface area contributed by atoms with Crippen molar-refractivity contribution in [3.63, 3.8) is 0 Å². The van der Waals surface area contributed by atoms with E-state index in [1.807, 2.05) is 14.1 Å². The molecule has 1 aromatic heterocycles. The van der Waals surface area contributed by atoms with Crippen LogP contribution in [-0.2, 0) is 9.47 Å². The van der Waals surface area contributed by atoms with Crippen molar-refractivity contribution in [3.8, 4) is 0 Å². The van der Waals surface area contributed by atoms with Gasteiger partial charge in [0.1, 0.15) is 11.6 Å². The number of aromatic nitrogens is 1. The van der Waals surface area contributed by atoms with E-state index in [4.69, 9.17) is 0 Å². The third-order valence-electron chi connectivity index (χ3n) is 3.82. The van der Waals surface area contributed by atoms with Crippen LogP contribution < -0.4 is 15.5 Å². The summed E-state index contributed by atoms with van der Waals surface area (Å²) in [5, 5.41) is 5.63. The highest BCUT2D eigenvalue weighted by Gasteiger charge is 2.36. The summed E-state index contributed by atoms with van der Waals surface area (Å²) in [4.78, 5) is 22.7. The van der Waals surface area contributed by atoms with Crippen LogP contribution in [-0.4, -0.2) is 49.3 Å². The van der Waals surface area contributed by atoms with Gasteiger partial charge in [-0.1, -0.05) is 0 Å². The molecule has 0 aromatic carbocycles. The number of pyridine rings is 1. The Bertz CT molecular complexity index is 823. The second kappa shape index (κ2) is 7.22. The molecule has 3 heterocycles. The van der Waals surface area contributed by atoms with Gasteiger partial charge in [0.2, 0.25) is 0 Å². The first kappa shape index (κ1) is 18.6. The number of ether oxygens (including phenoxy) is 2. The van der Waals surface area contributed by atoms with Crippen molar-refractivity contribution in [2.75, 3.05) is 19.0 Å². The number of alkyl halides is 2. The number of nitrogens with one attached hydrogen (secondary N) is 2. The van der Waals surface area contributed by atoms with Crippen molar-refractivity contribution < 1.29 is 23.0 Å². The molecule has 1 amide bonds. The third-order valence-corrected chi connectivity index (χ3v) is 3.82. The molecule has 2 atom stereocenters. The van der Waals surface area contributed by atoms with Crippen molar-refractivity contribution in [2.24, 2.45) is 4.99 Å². The number of nitrogens with zero attached hydrogens (tertiary/aromatic N) is 3. The fourth-order valence-corrected chi connectivity index (χ4v) is 2.56. The number of guanidine groups is 1. The highest BCUT2D eigenvalue weighted by molar-refractivity contribution is 6.06. The number of fused-ring (bicyclic) bond motifs is 1. The zero-order chi connectivity index (χ0) is 19.6. The first-order chi connectivity index (χ1) is 12.7. The fourth-order valence-electron chi connectivity index (χ4n) is 2.56. The van der Waals surface area contributed by atoms with Crippen LogP contribution >= 0.6 is 0 Å². The van der Waals surface area contributed by atoms with E-state index in [9.17, 15) is 13.6 Å². The Morgan fingerprint density at radius 1 is 1.41 bits per heavy atom. The smallest absolute Gasteiger partial charge is 0.407 e. The van der Waals surface area contributed by atoms with Gasteiger partial charge in [-0.15, -0.1) is 8.78 Å². The van der Waals surface area contributed by atoms with E-state index in [2.05, 4.69) is 30.1 Å². The molecule has 144 valence electrons. The first-order valence-corrected chi connectivity index (χ1v) is 8.12. The van der Waals surface area contributed by atoms with Gasteiger partial charge in [0.25, 0.3) is 5.91 Å². The lowest BCUT2D eigenvalue weighted by molar-refractivity contribution is -0.356. The lowest BCUT2D eigenvalue weighted by Gasteiger charge is -2.16. The molecular formula is C17H19F2N5O3. The van der Waals surface area contributed by atoms with E-state index in [1.165, 1.54) is 25.3 Å². The molecular weight excluding hydrogens is 360 g/mol. The minimum absolute atomic E-state index is 0.0289. The van der Waals surface area contributed by atoms with Crippen molar-refractivity contribution in [3.05, 3.63) is 48.1 Å². The number of carbonyl (C=O) groups excluding carboxylic acids is 1. The Morgan fingerprint density at radius 3 is 2.93 bits per heavy atom. The molecule has 0 fully saturated rings. The van der Waals surface area contributed by atoms with Crippen molar-refractivity contribution in [1.82, 2.24) is 15.6 Å². The normalized spacial score (nSPS) is 26.3. The zero-order valence-corrected chi connectivity index (χ0v) is 14.9. The standard InChI is InChI=1S/C17H19F2N5O3/c1-10-8-13-12(5-7-26-17(18,19)27-10)21-16(22-13)23-15(25)11-4-6-20-14(9-11)24(2)3/h4-9,12-13H,1-3H3,(H2,21,22,23,25)/b7-5+,10-8+. The van der Waals surface area contributed by atoms with Crippen LogP contribution in [0.4, 0.5) is 14.6 Å². The Kier molecular flexibility index (Phi) is 4.98. The summed E-state index contributed by atoms with van der Waals surface area (Å²) in [6.07, 6.45) is 1.44. The number of allylic oxidation sites excluding steroid dienone is 1. The number of rotatable bonds is 2. The summed E-state index contributed by atoms with van der Waals surface area (Å²) in [5.74, 6) is 0.457. The summed E-state index contributed by atoms with van der Waals surface area (Å²) in [5.41, 5.74) is 0.410. The molecule has 2 unspecified atom stereocenters. The number of hydrogen-bond donors (Lipinski definition) is 2. The SMILES string of the molecule is C/C1=C\C2NC(NC(=O)c3ccnc(N(C)C)c3)=NC2/C=C/OC(F)(F)O1. The summed E-state index contributed by atoms with van der Waals surface area (Å²) in [6.45, 7) is 1.39. The molecule has 1 aromatic rings. The fraction of sp³-hybridized carbons (Fsp3) is 0.353. The average molecular weight is 379 g/mol. The van der Waals surface area contributed by atoms with Gasteiger partial charge in [0, 0.05) is 25.9 Å². The quantitative estimate of drug-likeness (QED) is 0.811. The predicted molar refractivity (Wildman–Crippen MR) is 94.2 cm³/mol. The number of hydrogen-bond acceptors (Lipinski definition) is 7. The van der Waals surface area contributed by atoms with E-state index in [1.54, 1.807) is 17.0 Å². The molecule has 10 heteroatoms. The van der Waals surface area contributed by atoms with E-state index < -0.39 is 18.4 Å². The van der Waals surface area contributed by atoms with E-state index in [-0.39, 0.29) is 17.6 Å². The summed E-state index contributed by atoms with van der Waals surface area (Å²) in [6, 6.07) is 2.22. The lowest BCUT2D eigenvalue weighted by Crippen LogP contribution is -2.42. The molecule has 0 radical (unpaired) electrons. The molecule has 0 saturated carbocycles. The van der Waals surface area contributed by atoms with Gasteiger partial charge in [-0.05, 0) is 31.2 Å². The second-order valence-corrected chi connectivity index (χ2v) is 6.18. The molecule has 0 spiro atoms. The van der Waals surface area contributed by atoms with Crippen LogP contribution in [0.2, 0.25) is 0 Å². The monoisotopic (exact) mass is 379 g/mol.